The third kappa shape index (κ3) is 3.30. The van der Waals surface area contributed by atoms with E-state index in [1.807, 2.05) is 35.6 Å². The zero-order valence-corrected chi connectivity index (χ0v) is 12.4. The number of imide groups is 1. The zero-order valence-electron chi connectivity index (χ0n) is 12.4. The molecule has 0 bridgehead atoms. The number of benzene rings is 2. The Hall–Kier alpha value is -3.48. The van der Waals surface area contributed by atoms with Crippen LogP contribution in [0.25, 0.3) is 6.08 Å². The number of carbonyl (C=O) groups excluding carboxylic acids is 2. The summed E-state index contributed by atoms with van der Waals surface area (Å²) in [5.41, 5.74) is 1.15. The number of phenolic OH excluding ortho intramolecular Hbond substituents is 2. The van der Waals surface area contributed by atoms with Gasteiger partial charge in [0, 0.05) is 0 Å². The van der Waals surface area contributed by atoms with Crippen LogP contribution in [-0.2, 0) is 16.1 Å². The van der Waals surface area contributed by atoms with Crippen LogP contribution in [0.3, 0.4) is 0 Å². The summed E-state index contributed by atoms with van der Waals surface area (Å²) < 4.78 is 10.1. The van der Waals surface area contributed by atoms with Crippen molar-refractivity contribution in [3.63, 3.8) is 0 Å². The Labute approximate surface area is 136 Å². The maximum absolute atomic E-state index is 11.4. The Morgan fingerprint density at radius 3 is 2.33 bits per heavy atom. The third-order valence-electron chi connectivity index (χ3n) is 3.24. The van der Waals surface area contributed by atoms with Gasteiger partial charge in [0.25, 0.3) is 5.91 Å². The van der Waals surface area contributed by atoms with Crippen molar-refractivity contribution in [2.75, 3.05) is 0 Å². The Kier molecular flexibility index (Phi) is 4.07. The molecule has 3 rings (SSSR count). The quantitative estimate of drug-likeness (QED) is 0.744. The van der Waals surface area contributed by atoms with E-state index < -0.39 is 12.0 Å². The number of rotatable bonds is 4. The summed E-state index contributed by atoms with van der Waals surface area (Å²) in [6.45, 7) is 0.169. The summed E-state index contributed by atoms with van der Waals surface area (Å²) in [7, 11) is 0. The van der Waals surface area contributed by atoms with Crippen molar-refractivity contribution in [2.24, 2.45) is 0 Å². The van der Waals surface area contributed by atoms with Gasteiger partial charge in [-0.15, -0.1) is 0 Å². The zero-order chi connectivity index (χ0) is 17.1. The second-order valence-corrected chi connectivity index (χ2v) is 5.01. The van der Waals surface area contributed by atoms with E-state index >= 15 is 0 Å². The second-order valence-electron chi connectivity index (χ2n) is 5.01. The Morgan fingerprint density at radius 2 is 1.75 bits per heavy atom. The van der Waals surface area contributed by atoms with Crippen LogP contribution in [0, 0.1) is 0 Å². The maximum atomic E-state index is 11.4. The molecular weight excluding hydrogens is 314 g/mol. The second kappa shape index (κ2) is 6.33. The van der Waals surface area contributed by atoms with Gasteiger partial charge < -0.3 is 19.7 Å². The molecule has 3 N–H and O–H groups in total. The van der Waals surface area contributed by atoms with Gasteiger partial charge in [-0.1, -0.05) is 30.3 Å². The standard InChI is InChI=1S/C17H13NO6/c19-12-6-11(8-14-16(21)18-17(22)24-14)7-13(20)15(12)23-9-10-4-2-1-3-5-10/h1-8,19-20H,9H2,(H,18,21,22). The van der Waals surface area contributed by atoms with Crippen LogP contribution < -0.4 is 10.1 Å². The fourth-order valence-corrected chi connectivity index (χ4v) is 2.15. The van der Waals surface area contributed by atoms with Gasteiger partial charge in [0.1, 0.15) is 6.61 Å². The normalized spacial score (nSPS) is 15.2. The van der Waals surface area contributed by atoms with Gasteiger partial charge in [-0.05, 0) is 29.3 Å². The fourth-order valence-electron chi connectivity index (χ4n) is 2.15. The van der Waals surface area contributed by atoms with E-state index in [0.717, 1.165) is 5.56 Å². The first kappa shape index (κ1) is 15.4. The average Bonchev–Trinajstić information content (AvgIpc) is 2.85. The van der Waals surface area contributed by atoms with Crippen molar-refractivity contribution in [1.29, 1.82) is 0 Å². The summed E-state index contributed by atoms with van der Waals surface area (Å²) in [6, 6.07) is 11.8. The largest absolute Gasteiger partial charge is 0.504 e. The minimum absolute atomic E-state index is 0.0751. The highest BCUT2D eigenvalue weighted by molar-refractivity contribution is 6.09. The molecule has 7 nitrogen and oxygen atoms in total. The fraction of sp³-hybridized carbons (Fsp3) is 0.0588. The molecule has 0 aliphatic carbocycles. The van der Waals surface area contributed by atoms with Crippen LogP contribution in [0.15, 0.2) is 48.2 Å². The number of nitrogens with one attached hydrogen (secondary N) is 1. The van der Waals surface area contributed by atoms with E-state index in [9.17, 15) is 19.8 Å². The average molecular weight is 327 g/mol. The first-order valence-corrected chi connectivity index (χ1v) is 7.00. The molecule has 0 atom stereocenters. The highest BCUT2D eigenvalue weighted by atomic mass is 16.6. The Morgan fingerprint density at radius 1 is 1.08 bits per heavy atom. The Balaban J connectivity index is 1.80. The first-order valence-electron chi connectivity index (χ1n) is 7.00. The molecule has 0 spiro atoms. The SMILES string of the molecule is O=C1NC(=O)C(=Cc2cc(O)c(OCc3ccccc3)c(O)c2)O1. The number of amides is 2. The summed E-state index contributed by atoms with van der Waals surface area (Å²) in [6.07, 6.45) is 0.350. The molecule has 0 saturated carbocycles. The smallest absolute Gasteiger partial charge is 0.419 e. The minimum atomic E-state index is -0.873. The van der Waals surface area contributed by atoms with Crippen LogP contribution in [0.2, 0.25) is 0 Å². The van der Waals surface area contributed by atoms with Gasteiger partial charge >= 0.3 is 6.09 Å². The van der Waals surface area contributed by atoms with Gasteiger partial charge in [-0.2, -0.15) is 0 Å². The summed E-state index contributed by atoms with van der Waals surface area (Å²) in [4.78, 5) is 22.4. The lowest BCUT2D eigenvalue weighted by molar-refractivity contribution is -0.116. The van der Waals surface area contributed by atoms with Gasteiger partial charge in [0.15, 0.2) is 17.3 Å². The van der Waals surface area contributed by atoms with Crippen molar-refractivity contribution in [2.45, 2.75) is 6.61 Å². The molecule has 1 saturated heterocycles. The molecule has 0 unspecified atom stereocenters. The minimum Gasteiger partial charge on any atom is -0.504 e. The molecule has 2 aromatic carbocycles. The number of cyclic esters (lactones) is 1. The van der Waals surface area contributed by atoms with Crippen LogP contribution in [0.4, 0.5) is 4.79 Å². The lowest BCUT2D eigenvalue weighted by Gasteiger charge is -2.11. The van der Waals surface area contributed by atoms with Crippen molar-refractivity contribution >= 4 is 18.1 Å². The third-order valence-corrected chi connectivity index (χ3v) is 3.24. The molecular formula is C17H13NO6. The van der Waals surface area contributed by atoms with Crippen molar-refractivity contribution in [3.05, 3.63) is 59.4 Å². The van der Waals surface area contributed by atoms with Crippen molar-refractivity contribution in [3.8, 4) is 17.2 Å². The van der Waals surface area contributed by atoms with Crippen LogP contribution in [-0.4, -0.2) is 22.2 Å². The molecule has 122 valence electrons. The summed E-state index contributed by atoms with van der Waals surface area (Å²) >= 11 is 0. The molecule has 2 aromatic rings. The number of hydrogen-bond donors (Lipinski definition) is 3. The molecule has 1 fully saturated rings. The molecule has 1 heterocycles. The van der Waals surface area contributed by atoms with E-state index in [0.29, 0.717) is 0 Å². The van der Waals surface area contributed by atoms with E-state index in [1.165, 1.54) is 18.2 Å². The molecule has 0 radical (unpaired) electrons. The number of alkyl carbamates (subject to hydrolysis) is 1. The summed E-state index contributed by atoms with van der Waals surface area (Å²) in [5, 5.41) is 22.0. The van der Waals surface area contributed by atoms with E-state index in [-0.39, 0.29) is 35.2 Å². The molecule has 0 aromatic heterocycles. The van der Waals surface area contributed by atoms with E-state index in [2.05, 4.69) is 4.74 Å². The van der Waals surface area contributed by atoms with Crippen molar-refractivity contribution in [1.82, 2.24) is 5.32 Å². The Bertz CT molecular complexity index is 805. The lowest BCUT2D eigenvalue weighted by atomic mass is 10.1. The highest BCUT2D eigenvalue weighted by Gasteiger charge is 2.26. The van der Waals surface area contributed by atoms with Crippen LogP contribution in [0.5, 0.6) is 17.2 Å². The lowest BCUT2D eigenvalue weighted by Crippen LogP contribution is -2.18. The number of hydrogen-bond acceptors (Lipinski definition) is 6. The van der Waals surface area contributed by atoms with Crippen LogP contribution in [0.1, 0.15) is 11.1 Å². The molecule has 1 aliphatic heterocycles. The predicted molar refractivity (Wildman–Crippen MR) is 83.1 cm³/mol. The molecule has 7 heteroatoms. The first-order chi connectivity index (χ1) is 11.5. The van der Waals surface area contributed by atoms with E-state index in [4.69, 9.17) is 4.74 Å². The molecule has 24 heavy (non-hydrogen) atoms. The number of ether oxygens (including phenoxy) is 2. The monoisotopic (exact) mass is 327 g/mol. The van der Waals surface area contributed by atoms with Crippen LogP contribution >= 0.6 is 0 Å². The number of aromatic hydroxyl groups is 2. The molecule has 1 aliphatic rings. The van der Waals surface area contributed by atoms with E-state index in [1.54, 1.807) is 0 Å². The van der Waals surface area contributed by atoms with Crippen molar-refractivity contribution < 1.29 is 29.3 Å². The van der Waals surface area contributed by atoms with Gasteiger partial charge in [-0.3, -0.25) is 10.1 Å². The van der Waals surface area contributed by atoms with Gasteiger partial charge in [-0.25, -0.2) is 4.79 Å². The number of phenols is 2. The maximum Gasteiger partial charge on any atom is 0.419 e. The predicted octanol–water partition coefficient (Wildman–Crippen LogP) is 2.28. The summed E-state index contributed by atoms with van der Waals surface area (Å²) in [5.74, 6) is -1.60. The number of carbonyl (C=O) groups is 2. The van der Waals surface area contributed by atoms with Gasteiger partial charge in [0.05, 0.1) is 0 Å². The topological polar surface area (TPSA) is 105 Å². The highest BCUT2D eigenvalue weighted by Crippen LogP contribution is 2.38. The molecule has 2 amide bonds. The van der Waals surface area contributed by atoms with Gasteiger partial charge in [0.2, 0.25) is 5.75 Å².